The number of benzene rings is 1. The van der Waals surface area contributed by atoms with Gasteiger partial charge in [-0.05, 0) is 31.9 Å². The summed E-state index contributed by atoms with van der Waals surface area (Å²) >= 11 is 0. The molecule has 1 saturated carbocycles. The lowest BCUT2D eigenvalue weighted by Gasteiger charge is -2.23. The molecule has 1 aromatic rings. The van der Waals surface area contributed by atoms with Gasteiger partial charge in [-0.3, -0.25) is 4.79 Å². The molecule has 0 radical (unpaired) electrons. The highest BCUT2D eigenvalue weighted by atomic mass is 16.5. The van der Waals surface area contributed by atoms with Crippen molar-refractivity contribution in [3.63, 3.8) is 0 Å². The van der Waals surface area contributed by atoms with Crippen LogP contribution in [0.3, 0.4) is 0 Å². The molecule has 0 unspecified atom stereocenters. The molecule has 1 amide bonds. The number of aliphatic imine (C=N–C) groups is 1. The third kappa shape index (κ3) is 5.85. The molecule has 0 spiro atoms. The Hall–Kier alpha value is -2.44. The van der Waals surface area contributed by atoms with E-state index in [0.29, 0.717) is 18.5 Å². The van der Waals surface area contributed by atoms with E-state index < -0.39 is 0 Å². The Morgan fingerprint density at radius 1 is 1.32 bits per heavy atom. The lowest BCUT2D eigenvalue weighted by atomic mass is 10.2. The standard InChI is InChI=1S/C18H28N4O3/c1-5-19-18(20-11-17(23)21-14-7-8-14)22(2)12-13-6-9-15(24-3)10-16(13)25-4/h6,9-10,14H,5,7-8,11-12H2,1-4H3,(H,19,20)(H,21,23). The van der Waals surface area contributed by atoms with Crippen LogP contribution in [0.4, 0.5) is 0 Å². The van der Waals surface area contributed by atoms with Crippen LogP contribution in [-0.2, 0) is 11.3 Å². The van der Waals surface area contributed by atoms with E-state index in [1.54, 1.807) is 14.2 Å². The second kappa shape index (κ2) is 9.15. The van der Waals surface area contributed by atoms with Gasteiger partial charge in [0.05, 0.1) is 14.2 Å². The SMILES string of the molecule is CCNC(=NCC(=O)NC1CC1)N(C)Cc1ccc(OC)cc1OC. The van der Waals surface area contributed by atoms with Crippen molar-refractivity contribution in [3.8, 4) is 11.5 Å². The Kier molecular flexibility index (Phi) is 6.91. The quantitative estimate of drug-likeness (QED) is 0.548. The summed E-state index contributed by atoms with van der Waals surface area (Å²) in [6.45, 7) is 3.46. The van der Waals surface area contributed by atoms with E-state index in [0.717, 1.165) is 36.4 Å². The smallest absolute Gasteiger partial charge is 0.242 e. The fraction of sp³-hybridized carbons (Fsp3) is 0.556. The molecule has 7 heteroatoms. The van der Waals surface area contributed by atoms with E-state index in [1.165, 1.54) is 0 Å². The van der Waals surface area contributed by atoms with Crippen LogP contribution in [0, 0.1) is 0 Å². The first-order valence-electron chi connectivity index (χ1n) is 8.57. The maximum Gasteiger partial charge on any atom is 0.242 e. The Balaban J connectivity index is 2.03. The van der Waals surface area contributed by atoms with Gasteiger partial charge in [0, 0.05) is 37.8 Å². The highest BCUT2D eigenvalue weighted by Gasteiger charge is 2.23. The molecule has 7 nitrogen and oxygen atoms in total. The normalized spacial score (nSPS) is 14.0. The van der Waals surface area contributed by atoms with Crippen LogP contribution in [0.2, 0.25) is 0 Å². The topological polar surface area (TPSA) is 75.2 Å². The number of amides is 1. The summed E-state index contributed by atoms with van der Waals surface area (Å²) < 4.78 is 10.7. The van der Waals surface area contributed by atoms with E-state index in [1.807, 2.05) is 37.1 Å². The lowest BCUT2D eigenvalue weighted by Crippen LogP contribution is -2.39. The van der Waals surface area contributed by atoms with Gasteiger partial charge in [-0.1, -0.05) is 0 Å². The number of carbonyl (C=O) groups excluding carboxylic acids is 1. The van der Waals surface area contributed by atoms with Crippen molar-refractivity contribution in [1.29, 1.82) is 0 Å². The molecule has 0 heterocycles. The van der Waals surface area contributed by atoms with E-state index in [4.69, 9.17) is 9.47 Å². The van der Waals surface area contributed by atoms with E-state index in [2.05, 4.69) is 15.6 Å². The maximum atomic E-state index is 11.9. The average molecular weight is 348 g/mol. The number of rotatable bonds is 8. The maximum absolute atomic E-state index is 11.9. The Bertz CT molecular complexity index is 614. The number of nitrogens with zero attached hydrogens (tertiary/aromatic N) is 2. The molecule has 0 bridgehead atoms. The fourth-order valence-corrected chi connectivity index (χ4v) is 2.43. The fourth-order valence-electron chi connectivity index (χ4n) is 2.43. The molecule has 0 aliphatic heterocycles. The van der Waals surface area contributed by atoms with Gasteiger partial charge >= 0.3 is 0 Å². The molecule has 1 aliphatic rings. The minimum atomic E-state index is -0.0340. The first-order chi connectivity index (χ1) is 12.1. The molecular formula is C18H28N4O3. The number of ether oxygens (including phenoxy) is 2. The van der Waals surface area contributed by atoms with Gasteiger partial charge in [0.1, 0.15) is 18.0 Å². The number of guanidine groups is 1. The van der Waals surface area contributed by atoms with Crippen LogP contribution >= 0.6 is 0 Å². The number of methoxy groups -OCH3 is 2. The van der Waals surface area contributed by atoms with Crippen molar-refractivity contribution in [2.24, 2.45) is 4.99 Å². The molecule has 0 atom stereocenters. The van der Waals surface area contributed by atoms with Crippen molar-refractivity contribution in [1.82, 2.24) is 15.5 Å². The summed E-state index contributed by atoms with van der Waals surface area (Å²) in [5, 5.41) is 6.16. The molecule has 1 aromatic carbocycles. The zero-order chi connectivity index (χ0) is 18.2. The van der Waals surface area contributed by atoms with Crippen molar-refractivity contribution < 1.29 is 14.3 Å². The first-order valence-corrected chi connectivity index (χ1v) is 8.57. The van der Waals surface area contributed by atoms with Crippen LogP contribution in [-0.4, -0.2) is 57.2 Å². The van der Waals surface area contributed by atoms with Gasteiger partial charge in [0.25, 0.3) is 0 Å². The van der Waals surface area contributed by atoms with Crippen LogP contribution in [0.15, 0.2) is 23.2 Å². The average Bonchev–Trinajstić information content (AvgIpc) is 3.42. The third-order valence-corrected chi connectivity index (χ3v) is 3.91. The van der Waals surface area contributed by atoms with Crippen LogP contribution in [0.1, 0.15) is 25.3 Å². The summed E-state index contributed by atoms with van der Waals surface area (Å²) in [5.74, 6) is 2.16. The van der Waals surface area contributed by atoms with E-state index >= 15 is 0 Å². The van der Waals surface area contributed by atoms with Crippen molar-refractivity contribution in [3.05, 3.63) is 23.8 Å². The monoisotopic (exact) mass is 348 g/mol. The second-order valence-corrected chi connectivity index (χ2v) is 6.05. The Labute approximate surface area is 149 Å². The summed E-state index contributed by atoms with van der Waals surface area (Å²) in [6.07, 6.45) is 2.15. The summed E-state index contributed by atoms with van der Waals surface area (Å²) in [6, 6.07) is 6.08. The minimum Gasteiger partial charge on any atom is -0.497 e. The third-order valence-electron chi connectivity index (χ3n) is 3.91. The molecule has 138 valence electrons. The summed E-state index contributed by atoms with van der Waals surface area (Å²) in [4.78, 5) is 18.3. The van der Waals surface area contributed by atoms with Gasteiger partial charge < -0.3 is 25.0 Å². The largest absolute Gasteiger partial charge is 0.497 e. The molecule has 25 heavy (non-hydrogen) atoms. The summed E-state index contributed by atoms with van der Waals surface area (Å²) in [5.41, 5.74) is 1.01. The van der Waals surface area contributed by atoms with E-state index in [9.17, 15) is 4.79 Å². The van der Waals surface area contributed by atoms with Gasteiger partial charge in [-0.15, -0.1) is 0 Å². The van der Waals surface area contributed by atoms with Crippen LogP contribution < -0.4 is 20.1 Å². The lowest BCUT2D eigenvalue weighted by molar-refractivity contribution is -0.119. The number of nitrogens with one attached hydrogen (secondary N) is 2. The second-order valence-electron chi connectivity index (χ2n) is 6.05. The minimum absolute atomic E-state index is 0.0340. The number of hydrogen-bond donors (Lipinski definition) is 2. The molecule has 0 aromatic heterocycles. The molecular weight excluding hydrogens is 320 g/mol. The molecule has 2 rings (SSSR count). The van der Waals surface area contributed by atoms with Crippen LogP contribution in [0.5, 0.6) is 11.5 Å². The van der Waals surface area contributed by atoms with Gasteiger partial charge in [-0.2, -0.15) is 0 Å². The van der Waals surface area contributed by atoms with Crippen molar-refractivity contribution in [2.45, 2.75) is 32.4 Å². The van der Waals surface area contributed by atoms with Gasteiger partial charge in [0.2, 0.25) is 5.91 Å². The molecule has 2 N–H and O–H groups in total. The first kappa shape index (κ1) is 18.9. The number of carbonyl (C=O) groups is 1. The number of hydrogen-bond acceptors (Lipinski definition) is 4. The Morgan fingerprint density at radius 3 is 2.68 bits per heavy atom. The molecule has 0 saturated heterocycles. The van der Waals surface area contributed by atoms with Crippen molar-refractivity contribution in [2.75, 3.05) is 34.4 Å². The Morgan fingerprint density at radius 2 is 2.08 bits per heavy atom. The molecule has 1 fully saturated rings. The zero-order valence-electron chi connectivity index (χ0n) is 15.5. The molecule has 1 aliphatic carbocycles. The van der Waals surface area contributed by atoms with E-state index in [-0.39, 0.29) is 12.5 Å². The van der Waals surface area contributed by atoms with Crippen molar-refractivity contribution >= 4 is 11.9 Å². The summed E-state index contributed by atoms with van der Waals surface area (Å²) in [7, 11) is 5.20. The predicted molar refractivity (Wildman–Crippen MR) is 98.2 cm³/mol. The highest BCUT2D eigenvalue weighted by Crippen LogP contribution is 2.25. The predicted octanol–water partition coefficient (Wildman–Crippen LogP) is 1.38. The van der Waals surface area contributed by atoms with Crippen LogP contribution in [0.25, 0.3) is 0 Å². The van der Waals surface area contributed by atoms with Gasteiger partial charge in [0.15, 0.2) is 5.96 Å². The zero-order valence-corrected chi connectivity index (χ0v) is 15.5. The van der Waals surface area contributed by atoms with Gasteiger partial charge in [-0.25, -0.2) is 4.99 Å². The highest BCUT2D eigenvalue weighted by molar-refractivity contribution is 5.85.